The van der Waals surface area contributed by atoms with E-state index in [4.69, 9.17) is 0 Å². The molecule has 2 rings (SSSR count). The average Bonchev–Trinajstić information content (AvgIpc) is 2.07. The Hall–Kier alpha value is -0.820. The first kappa shape index (κ1) is 9.72. The predicted molar refractivity (Wildman–Crippen MR) is 58.4 cm³/mol. The summed E-state index contributed by atoms with van der Waals surface area (Å²) in [6, 6.07) is 4.34. The van der Waals surface area contributed by atoms with Crippen molar-refractivity contribution >= 4 is 0 Å². The summed E-state index contributed by atoms with van der Waals surface area (Å²) in [6.45, 7) is 6.33. The van der Waals surface area contributed by atoms with Crippen LogP contribution in [0.5, 0.6) is 0 Å². The molecule has 1 aliphatic carbocycles. The van der Waals surface area contributed by atoms with Crippen LogP contribution in [-0.4, -0.2) is 5.11 Å². The molecule has 1 heteroatoms. The number of aryl methyl sites for hydroxylation is 3. The summed E-state index contributed by atoms with van der Waals surface area (Å²) in [5.74, 6) is 0. The molecule has 0 atom stereocenters. The van der Waals surface area contributed by atoms with Crippen molar-refractivity contribution in [3.63, 3.8) is 0 Å². The molecule has 0 bridgehead atoms. The van der Waals surface area contributed by atoms with Gasteiger partial charge in [0.25, 0.3) is 0 Å². The first-order valence-corrected chi connectivity index (χ1v) is 5.34. The van der Waals surface area contributed by atoms with Gasteiger partial charge in [0.05, 0.1) is 5.60 Å². The molecule has 1 saturated carbocycles. The molecule has 0 saturated heterocycles. The van der Waals surface area contributed by atoms with Gasteiger partial charge in [0, 0.05) is 0 Å². The molecule has 1 fully saturated rings. The summed E-state index contributed by atoms with van der Waals surface area (Å²) in [5.41, 5.74) is 4.46. The third-order valence-corrected chi connectivity index (χ3v) is 3.52. The van der Waals surface area contributed by atoms with Crippen molar-refractivity contribution in [1.82, 2.24) is 0 Å². The van der Waals surface area contributed by atoms with E-state index in [1.807, 2.05) is 0 Å². The normalized spacial score (nSPS) is 19.1. The topological polar surface area (TPSA) is 20.2 Å². The second-order valence-electron chi connectivity index (χ2n) is 4.64. The quantitative estimate of drug-likeness (QED) is 0.721. The number of benzene rings is 1. The van der Waals surface area contributed by atoms with Gasteiger partial charge in [0.1, 0.15) is 0 Å². The lowest BCUT2D eigenvalue weighted by molar-refractivity contribution is -0.0393. The average molecular weight is 190 g/mol. The smallest absolute Gasteiger partial charge is 0.0899 e. The van der Waals surface area contributed by atoms with Gasteiger partial charge < -0.3 is 5.11 Å². The van der Waals surface area contributed by atoms with Crippen LogP contribution in [0.15, 0.2) is 12.1 Å². The zero-order chi connectivity index (χ0) is 10.3. The molecule has 0 radical (unpaired) electrons. The van der Waals surface area contributed by atoms with E-state index in [0.717, 1.165) is 24.8 Å². The number of hydrogen-bond acceptors (Lipinski definition) is 1. The lowest BCUT2D eigenvalue weighted by Gasteiger charge is -2.38. The van der Waals surface area contributed by atoms with Crippen LogP contribution in [0.2, 0.25) is 0 Å². The van der Waals surface area contributed by atoms with Crippen LogP contribution in [0.25, 0.3) is 0 Å². The van der Waals surface area contributed by atoms with Crippen molar-refractivity contribution in [3.8, 4) is 0 Å². The van der Waals surface area contributed by atoms with Crippen molar-refractivity contribution in [2.24, 2.45) is 0 Å². The van der Waals surface area contributed by atoms with E-state index in [-0.39, 0.29) is 0 Å². The molecule has 0 aliphatic heterocycles. The molecular weight excluding hydrogens is 172 g/mol. The molecular formula is C13H18O. The minimum Gasteiger partial charge on any atom is -0.385 e. The van der Waals surface area contributed by atoms with E-state index in [1.165, 1.54) is 16.7 Å². The maximum Gasteiger partial charge on any atom is 0.0899 e. The molecule has 1 aliphatic rings. The van der Waals surface area contributed by atoms with Crippen molar-refractivity contribution in [1.29, 1.82) is 0 Å². The van der Waals surface area contributed by atoms with E-state index in [9.17, 15) is 5.11 Å². The summed E-state index contributed by atoms with van der Waals surface area (Å²) in [6.07, 6.45) is 3.01. The van der Waals surface area contributed by atoms with E-state index in [2.05, 4.69) is 32.9 Å². The van der Waals surface area contributed by atoms with Crippen LogP contribution in [0.1, 0.15) is 41.5 Å². The Morgan fingerprint density at radius 1 is 1.00 bits per heavy atom. The zero-order valence-electron chi connectivity index (χ0n) is 9.22. The Morgan fingerprint density at radius 3 is 2.07 bits per heavy atom. The van der Waals surface area contributed by atoms with Crippen LogP contribution in [-0.2, 0) is 5.60 Å². The molecule has 0 amide bonds. The minimum absolute atomic E-state index is 0.511. The lowest BCUT2D eigenvalue weighted by Crippen LogP contribution is -2.34. The Morgan fingerprint density at radius 2 is 1.57 bits per heavy atom. The van der Waals surface area contributed by atoms with Crippen LogP contribution in [0.3, 0.4) is 0 Å². The molecule has 1 N–H and O–H groups in total. The van der Waals surface area contributed by atoms with Gasteiger partial charge in [-0.25, -0.2) is 0 Å². The van der Waals surface area contributed by atoms with Crippen molar-refractivity contribution < 1.29 is 5.11 Å². The van der Waals surface area contributed by atoms with Gasteiger partial charge in [0.15, 0.2) is 0 Å². The summed E-state index contributed by atoms with van der Waals surface area (Å²) >= 11 is 0. The molecule has 1 aromatic carbocycles. The maximum absolute atomic E-state index is 10.3. The highest BCUT2D eigenvalue weighted by molar-refractivity contribution is 5.40. The standard InChI is InChI=1S/C13H18O/c1-9-7-11(3)12(8-10(9)2)13(14)5-4-6-13/h7-8,14H,4-6H2,1-3H3. The Labute approximate surface area is 85.8 Å². The third kappa shape index (κ3) is 1.36. The van der Waals surface area contributed by atoms with Gasteiger partial charge in [-0.3, -0.25) is 0 Å². The first-order chi connectivity index (χ1) is 6.53. The Bertz CT molecular complexity index is 362. The zero-order valence-corrected chi connectivity index (χ0v) is 9.22. The van der Waals surface area contributed by atoms with Crippen LogP contribution in [0.4, 0.5) is 0 Å². The van der Waals surface area contributed by atoms with E-state index >= 15 is 0 Å². The van der Waals surface area contributed by atoms with Gasteiger partial charge in [-0.1, -0.05) is 12.1 Å². The summed E-state index contributed by atoms with van der Waals surface area (Å²) < 4.78 is 0. The van der Waals surface area contributed by atoms with Gasteiger partial charge in [-0.2, -0.15) is 0 Å². The van der Waals surface area contributed by atoms with Gasteiger partial charge in [0.2, 0.25) is 0 Å². The fraction of sp³-hybridized carbons (Fsp3) is 0.538. The second kappa shape index (κ2) is 3.09. The highest BCUT2D eigenvalue weighted by Crippen LogP contribution is 2.42. The first-order valence-electron chi connectivity index (χ1n) is 5.34. The molecule has 76 valence electrons. The molecule has 14 heavy (non-hydrogen) atoms. The molecule has 0 unspecified atom stereocenters. The minimum atomic E-state index is -0.511. The van der Waals surface area contributed by atoms with Crippen molar-refractivity contribution in [2.75, 3.05) is 0 Å². The Balaban J connectivity index is 2.48. The van der Waals surface area contributed by atoms with Gasteiger partial charge >= 0.3 is 0 Å². The van der Waals surface area contributed by atoms with Crippen LogP contribution < -0.4 is 0 Å². The molecule has 0 spiro atoms. The summed E-state index contributed by atoms with van der Waals surface area (Å²) in [4.78, 5) is 0. The largest absolute Gasteiger partial charge is 0.385 e. The Kier molecular flexibility index (Phi) is 2.15. The van der Waals surface area contributed by atoms with Crippen molar-refractivity contribution in [3.05, 3.63) is 34.4 Å². The molecule has 1 nitrogen and oxygen atoms in total. The fourth-order valence-electron chi connectivity index (χ4n) is 2.24. The van der Waals surface area contributed by atoms with Gasteiger partial charge in [-0.05, 0) is 62.3 Å². The monoisotopic (exact) mass is 190 g/mol. The third-order valence-electron chi connectivity index (χ3n) is 3.52. The summed E-state index contributed by atoms with van der Waals surface area (Å²) in [5, 5.41) is 10.3. The SMILES string of the molecule is Cc1cc(C)c(C2(O)CCC2)cc1C. The number of hydrogen-bond donors (Lipinski definition) is 1. The van der Waals surface area contributed by atoms with E-state index in [1.54, 1.807) is 0 Å². The molecule has 0 aromatic heterocycles. The predicted octanol–water partition coefficient (Wildman–Crippen LogP) is 2.98. The highest BCUT2D eigenvalue weighted by atomic mass is 16.3. The van der Waals surface area contributed by atoms with E-state index in [0.29, 0.717) is 0 Å². The van der Waals surface area contributed by atoms with Crippen LogP contribution >= 0.6 is 0 Å². The van der Waals surface area contributed by atoms with Gasteiger partial charge in [-0.15, -0.1) is 0 Å². The second-order valence-corrected chi connectivity index (χ2v) is 4.64. The maximum atomic E-state index is 10.3. The number of rotatable bonds is 1. The summed E-state index contributed by atoms with van der Waals surface area (Å²) in [7, 11) is 0. The lowest BCUT2D eigenvalue weighted by atomic mass is 9.73. The van der Waals surface area contributed by atoms with E-state index < -0.39 is 5.60 Å². The van der Waals surface area contributed by atoms with Crippen molar-refractivity contribution in [2.45, 2.75) is 45.6 Å². The molecule has 0 heterocycles. The van der Waals surface area contributed by atoms with Crippen LogP contribution in [0, 0.1) is 20.8 Å². The number of aliphatic hydroxyl groups is 1. The molecule has 1 aromatic rings. The fourth-order valence-corrected chi connectivity index (χ4v) is 2.24. The highest BCUT2D eigenvalue weighted by Gasteiger charge is 2.37.